The van der Waals surface area contributed by atoms with E-state index in [1.165, 1.54) is 32.3 Å². The fraction of sp³-hybridized carbons (Fsp3) is 0. The third kappa shape index (κ3) is 2.51. The number of aromatic nitrogens is 2. The first-order valence-corrected chi connectivity index (χ1v) is 9.91. The first-order valence-electron chi connectivity index (χ1n) is 9.91. The highest BCUT2D eigenvalue weighted by Gasteiger charge is 2.13. The van der Waals surface area contributed by atoms with Crippen molar-refractivity contribution in [1.29, 1.82) is 0 Å². The minimum atomic E-state index is 0.527. The van der Waals surface area contributed by atoms with Crippen LogP contribution < -0.4 is 5.59 Å². The van der Waals surface area contributed by atoms with E-state index in [2.05, 4.69) is 71.7 Å². The van der Waals surface area contributed by atoms with Gasteiger partial charge in [0.2, 0.25) is 0 Å². The van der Waals surface area contributed by atoms with Crippen LogP contribution in [-0.4, -0.2) is 22.5 Å². The average Bonchev–Trinajstić information content (AvgIpc) is 2.83. The second kappa shape index (κ2) is 6.65. The fourth-order valence-electron chi connectivity index (χ4n) is 4.38. The second-order valence-electron chi connectivity index (χ2n) is 7.43. The van der Waals surface area contributed by atoms with E-state index in [1.807, 2.05) is 24.3 Å². The van der Waals surface area contributed by atoms with Gasteiger partial charge in [-0.3, -0.25) is 0 Å². The van der Waals surface area contributed by atoms with Crippen molar-refractivity contribution in [2.75, 3.05) is 0 Å². The highest BCUT2D eigenvalue weighted by Crippen LogP contribution is 2.36. The molecule has 0 saturated carbocycles. The number of hydrogen-bond donors (Lipinski definition) is 1. The molecular weight excluding hydrogens is 367 g/mol. The summed E-state index contributed by atoms with van der Waals surface area (Å²) >= 11 is 0. The predicted molar refractivity (Wildman–Crippen MR) is 125 cm³/mol. The number of hydrogen-bond acceptors (Lipinski definition) is 3. The Morgan fingerprint density at radius 2 is 1.07 bits per heavy atom. The quantitative estimate of drug-likeness (QED) is 0.338. The molecule has 5 aromatic carbocycles. The Morgan fingerprint density at radius 3 is 1.70 bits per heavy atom. The lowest BCUT2D eigenvalue weighted by atomic mass is 9.91. The molecule has 0 atom stereocenters. The maximum absolute atomic E-state index is 9.72. The van der Waals surface area contributed by atoms with Crippen LogP contribution in [0.5, 0.6) is 0 Å². The van der Waals surface area contributed by atoms with Gasteiger partial charge in [-0.1, -0.05) is 78.9 Å². The van der Waals surface area contributed by atoms with Crippen LogP contribution >= 0.6 is 0 Å². The Balaban J connectivity index is 1.69. The molecule has 6 aromatic rings. The third-order valence-electron chi connectivity index (χ3n) is 5.76. The van der Waals surface area contributed by atoms with Crippen LogP contribution in [-0.2, 0) is 0 Å². The van der Waals surface area contributed by atoms with Gasteiger partial charge in [-0.05, 0) is 44.5 Å². The van der Waals surface area contributed by atoms with E-state index < -0.39 is 0 Å². The Hall–Kier alpha value is -3.76. The molecule has 30 heavy (non-hydrogen) atoms. The van der Waals surface area contributed by atoms with Gasteiger partial charge in [0.05, 0.1) is 5.52 Å². The molecule has 0 saturated heterocycles. The van der Waals surface area contributed by atoms with Gasteiger partial charge in [-0.25, -0.2) is 9.97 Å². The van der Waals surface area contributed by atoms with Crippen LogP contribution in [0, 0.1) is 0 Å². The van der Waals surface area contributed by atoms with Gasteiger partial charge in [0.15, 0.2) is 5.82 Å². The van der Waals surface area contributed by atoms with E-state index in [0.717, 1.165) is 23.9 Å². The number of benzene rings is 5. The molecule has 0 amide bonds. The molecule has 0 spiro atoms. The van der Waals surface area contributed by atoms with Crippen molar-refractivity contribution < 1.29 is 5.02 Å². The van der Waals surface area contributed by atoms with Crippen molar-refractivity contribution in [2.45, 2.75) is 0 Å². The highest BCUT2D eigenvalue weighted by atomic mass is 16.2. The normalized spacial score (nSPS) is 11.5. The Kier molecular flexibility index (Phi) is 3.80. The van der Waals surface area contributed by atoms with Crippen LogP contribution in [0.3, 0.4) is 0 Å². The van der Waals surface area contributed by atoms with Crippen LogP contribution in [0.25, 0.3) is 54.6 Å². The molecule has 1 radical (unpaired) electrons. The van der Waals surface area contributed by atoms with Gasteiger partial charge >= 0.3 is 7.48 Å². The molecule has 0 aliphatic heterocycles. The van der Waals surface area contributed by atoms with Crippen LogP contribution in [0.2, 0.25) is 0 Å². The highest BCUT2D eigenvalue weighted by molar-refractivity contribution is 6.48. The van der Waals surface area contributed by atoms with Crippen molar-refractivity contribution in [2.24, 2.45) is 0 Å². The van der Waals surface area contributed by atoms with Gasteiger partial charge in [0.1, 0.15) is 0 Å². The van der Waals surface area contributed by atoms with Crippen LogP contribution in [0.15, 0.2) is 91.0 Å². The number of nitrogens with zero attached hydrogens (tertiary/aromatic N) is 2. The SMILES string of the molecule is O[B]c1nc(-c2ccc3c4ccccc4c4ccccc4c3c2)nc2ccccc12. The van der Waals surface area contributed by atoms with E-state index in [4.69, 9.17) is 4.98 Å². The van der Waals surface area contributed by atoms with Crippen molar-refractivity contribution in [3.8, 4) is 11.4 Å². The van der Waals surface area contributed by atoms with Crippen LogP contribution in [0.1, 0.15) is 0 Å². The van der Waals surface area contributed by atoms with Crippen molar-refractivity contribution >= 4 is 56.3 Å². The summed E-state index contributed by atoms with van der Waals surface area (Å²) in [5, 5.41) is 17.9. The molecule has 0 fully saturated rings. The molecule has 1 aromatic heterocycles. The lowest BCUT2D eigenvalue weighted by Gasteiger charge is -2.12. The van der Waals surface area contributed by atoms with E-state index in [0.29, 0.717) is 11.4 Å². The number of rotatable bonds is 2. The zero-order valence-electron chi connectivity index (χ0n) is 16.1. The van der Waals surface area contributed by atoms with Crippen LogP contribution in [0.4, 0.5) is 0 Å². The monoisotopic (exact) mass is 383 g/mol. The van der Waals surface area contributed by atoms with Crippen molar-refractivity contribution in [3.63, 3.8) is 0 Å². The first-order chi connectivity index (χ1) is 14.8. The minimum absolute atomic E-state index is 0.527. The van der Waals surface area contributed by atoms with Crippen molar-refractivity contribution in [3.05, 3.63) is 91.0 Å². The Labute approximate surface area is 173 Å². The first kappa shape index (κ1) is 17.1. The Morgan fingerprint density at radius 1 is 0.533 bits per heavy atom. The summed E-state index contributed by atoms with van der Waals surface area (Å²) in [7, 11) is 1.05. The summed E-state index contributed by atoms with van der Waals surface area (Å²) in [6.07, 6.45) is 0. The number of para-hydroxylation sites is 1. The topological polar surface area (TPSA) is 46.0 Å². The average molecular weight is 383 g/mol. The lowest BCUT2D eigenvalue weighted by Crippen LogP contribution is -2.20. The van der Waals surface area contributed by atoms with Gasteiger partial charge in [0.25, 0.3) is 0 Å². The lowest BCUT2D eigenvalue weighted by molar-refractivity contribution is 0.614. The Bertz CT molecular complexity index is 1560. The molecule has 3 nitrogen and oxygen atoms in total. The molecule has 6 rings (SSSR count). The predicted octanol–water partition coefficient (Wildman–Crippen LogP) is 4.99. The summed E-state index contributed by atoms with van der Waals surface area (Å²) in [6, 6.07) is 31.1. The summed E-state index contributed by atoms with van der Waals surface area (Å²) in [6.45, 7) is 0. The molecule has 0 aliphatic carbocycles. The zero-order chi connectivity index (χ0) is 20.1. The number of fused-ring (bicyclic) bond motifs is 7. The fourth-order valence-corrected chi connectivity index (χ4v) is 4.38. The van der Waals surface area contributed by atoms with E-state index in [1.54, 1.807) is 0 Å². The molecule has 1 N–H and O–H groups in total. The molecular formula is C26H16BN2O. The maximum Gasteiger partial charge on any atom is 0.349 e. The standard InChI is InChI=1S/C26H16BN2O/c30-27-25-22-11-5-6-12-24(22)28-26(29-25)16-13-14-21-19-9-2-1-7-17(19)18-8-3-4-10-20(18)23(21)15-16/h1-15,30H. The smallest absolute Gasteiger partial charge is 0.349 e. The minimum Gasteiger partial charge on any atom is -0.449 e. The van der Waals surface area contributed by atoms with Gasteiger partial charge < -0.3 is 5.02 Å². The molecule has 139 valence electrons. The summed E-state index contributed by atoms with van der Waals surface area (Å²) in [4.78, 5) is 9.38. The van der Waals surface area contributed by atoms with Gasteiger partial charge in [-0.2, -0.15) is 0 Å². The second-order valence-corrected chi connectivity index (χ2v) is 7.43. The summed E-state index contributed by atoms with van der Waals surface area (Å²) in [5.74, 6) is 0.605. The largest absolute Gasteiger partial charge is 0.449 e. The zero-order valence-corrected chi connectivity index (χ0v) is 16.1. The van der Waals surface area contributed by atoms with Gasteiger partial charge in [-0.15, -0.1) is 0 Å². The molecule has 0 aliphatic rings. The third-order valence-corrected chi connectivity index (χ3v) is 5.76. The summed E-state index contributed by atoms with van der Waals surface area (Å²) in [5.41, 5.74) is 2.27. The molecule has 0 unspecified atom stereocenters. The van der Waals surface area contributed by atoms with E-state index in [9.17, 15) is 5.02 Å². The van der Waals surface area contributed by atoms with E-state index >= 15 is 0 Å². The maximum atomic E-state index is 9.72. The summed E-state index contributed by atoms with van der Waals surface area (Å²) < 4.78 is 0. The molecule has 0 bridgehead atoms. The molecule has 1 heterocycles. The van der Waals surface area contributed by atoms with Crippen molar-refractivity contribution in [1.82, 2.24) is 9.97 Å². The van der Waals surface area contributed by atoms with Gasteiger partial charge in [0, 0.05) is 16.5 Å². The van der Waals surface area contributed by atoms with E-state index in [-0.39, 0.29) is 0 Å². The molecule has 4 heteroatoms.